The number of hydrogen-bond donors (Lipinski definition) is 1. The second-order valence-corrected chi connectivity index (χ2v) is 24.4. The molecule has 364 valence electrons. The summed E-state index contributed by atoms with van der Waals surface area (Å²) in [4.78, 5) is 42.0. The predicted octanol–water partition coefficient (Wildman–Crippen LogP) is 14.0. The highest BCUT2D eigenvalue weighted by Crippen LogP contribution is 2.76. The highest BCUT2D eigenvalue weighted by Gasteiger charge is 2.70. The number of hydrogen-bond acceptors (Lipinski definition) is 6. The Hall–Kier alpha value is -2.51. The van der Waals surface area contributed by atoms with Gasteiger partial charge in [-0.2, -0.15) is 0 Å². The molecule has 5 fully saturated rings. The smallest absolute Gasteiger partial charge is 0.338 e. The lowest BCUT2D eigenvalue weighted by molar-refractivity contribution is -0.307. The third kappa shape index (κ3) is 9.36. The maximum atomic E-state index is 14.7. The van der Waals surface area contributed by atoms with Gasteiger partial charge in [-0.3, -0.25) is 4.79 Å². The van der Waals surface area contributed by atoms with Crippen LogP contribution in [0.4, 0.5) is 0 Å². The van der Waals surface area contributed by atoms with Gasteiger partial charge in [0.2, 0.25) is 5.91 Å². The number of benzene rings is 1. The van der Waals surface area contributed by atoms with E-state index in [1.165, 1.54) is 64.1 Å². The van der Waals surface area contributed by atoms with Crippen molar-refractivity contribution in [2.24, 2.45) is 62.1 Å². The van der Waals surface area contributed by atoms with Gasteiger partial charge in [-0.15, -0.1) is 0 Å². The highest BCUT2D eigenvalue weighted by atomic mass is 16.7. The lowest BCUT2D eigenvalue weighted by Gasteiger charge is -2.71. The summed E-state index contributed by atoms with van der Waals surface area (Å²) in [5, 5.41) is 3.55. The van der Waals surface area contributed by atoms with Gasteiger partial charge in [0.1, 0.15) is 6.29 Å². The molecule has 1 aromatic rings. The second kappa shape index (κ2) is 20.2. The maximum absolute atomic E-state index is 14.7. The van der Waals surface area contributed by atoms with Gasteiger partial charge in [-0.1, -0.05) is 157 Å². The van der Waals surface area contributed by atoms with Crippen LogP contribution in [0.1, 0.15) is 214 Å². The van der Waals surface area contributed by atoms with Gasteiger partial charge in [0, 0.05) is 12.5 Å². The zero-order valence-electron chi connectivity index (χ0n) is 42.7. The lowest BCUT2D eigenvalue weighted by Crippen LogP contribution is -2.66. The molecule has 65 heavy (non-hydrogen) atoms. The van der Waals surface area contributed by atoms with Crippen LogP contribution in [-0.4, -0.2) is 49.3 Å². The molecular weight excluding hydrogens is 807 g/mol. The van der Waals surface area contributed by atoms with E-state index < -0.39 is 17.8 Å². The Balaban J connectivity index is 1.07. The molecule has 1 N–H and O–H groups in total. The molecule has 14 atom stereocenters. The van der Waals surface area contributed by atoms with Crippen LogP contribution in [0.3, 0.4) is 0 Å². The zero-order chi connectivity index (χ0) is 46.8. The topological polar surface area (TPSA) is 90.9 Å². The van der Waals surface area contributed by atoms with Gasteiger partial charge >= 0.3 is 5.97 Å². The number of nitrogens with one attached hydrogen (secondary N) is 1. The first-order valence-electron chi connectivity index (χ1n) is 27.0. The molecule has 5 aliphatic carbocycles. The van der Waals surface area contributed by atoms with Gasteiger partial charge < -0.3 is 24.3 Å². The SMILES string of the molecule is CCCCCCCCCCCCNC(=O)[C@]12CCC(C)(C)C[C@H]1C1=CCC3[C@@]4(C)CC[C@H](OC5OC(CC)C(C)C(C)C5OC(=O)c5ccccc5)[C@@](C)(C=O)C4CC[C@@]3(C)[C@]1(C)CC2. The van der Waals surface area contributed by atoms with Crippen molar-refractivity contribution in [2.75, 3.05) is 6.54 Å². The first-order chi connectivity index (χ1) is 30.9. The molecule has 1 aliphatic heterocycles. The Bertz CT molecular complexity index is 1830. The number of unbranched alkanes of at least 4 members (excludes halogenated alkanes) is 9. The molecule has 4 saturated carbocycles. The molecule has 1 amide bonds. The fraction of sp³-hybridized carbons (Fsp3) is 0.810. The van der Waals surface area contributed by atoms with Gasteiger partial charge in [0.25, 0.3) is 0 Å². The maximum Gasteiger partial charge on any atom is 0.338 e. The summed E-state index contributed by atoms with van der Waals surface area (Å²) >= 11 is 0. The van der Waals surface area contributed by atoms with Crippen molar-refractivity contribution in [3.8, 4) is 0 Å². The van der Waals surface area contributed by atoms with Crippen LogP contribution >= 0.6 is 0 Å². The molecule has 0 spiro atoms. The number of esters is 1. The van der Waals surface area contributed by atoms with E-state index in [4.69, 9.17) is 14.2 Å². The first kappa shape index (κ1) is 50.4. The van der Waals surface area contributed by atoms with Crippen molar-refractivity contribution in [3.63, 3.8) is 0 Å². The van der Waals surface area contributed by atoms with Gasteiger partial charge in [-0.05, 0) is 135 Å². The van der Waals surface area contributed by atoms with E-state index in [1.807, 2.05) is 18.2 Å². The van der Waals surface area contributed by atoms with E-state index in [1.54, 1.807) is 17.7 Å². The number of carbonyl (C=O) groups is 3. The number of rotatable bonds is 18. The minimum atomic E-state index is -0.755. The molecule has 1 saturated heterocycles. The molecule has 7 rings (SSSR count). The van der Waals surface area contributed by atoms with Crippen LogP contribution in [-0.2, 0) is 23.8 Å². The van der Waals surface area contributed by atoms with Crippen LogP contribution < -0.4 is 5.32 Å². The van der Waals surface area contributed by atoms with E-state index in [9.17, 15) is 14.4 Å². The third-order valence-electron chi connectivity index (χ3n) is 20.3. The Morgan fingerprint density at radius 3 is 2.11 bits per heavy atom. The summed E-state index contributed by atoms with van der Waals surface area (Å²) in [7, 11) is 0. The van der Waals surface area contributed by atoms with E-state index in [2.05, 4.69) is 80.6 Å². The Labute approximate surface area is 395 Å². The standard InChI is InChI=1S/C58H91NO6/c1-11-13-14-15-16-17-18-19-20-24-37-59-52(62)58-35-33-53(5,6)38-44(58)43-27-28-47-54(7)31-30-48(55(8,39-60)46(54)29-32-57(47,10)56(43,9)34-36-58)64-51-49(41(4)40(3)45(12-2)63-51)65-50(61)42-25-22-21-23-26-42/h21-23,25-27,39-41,44-49,51H,11-20,24,28-38H2,1-10H3,(H,59,62)/t40?,41?,44-,45?,46?,47?,48-,49?,51?,54-,55-,56+,57+,58-/m0/s1. The molecule has 0 aromatic heterocycles. The van der Waals surface area contributed by atoms with Crippen LogP contribution in [0, 0.1) is 62.1 Å². The molecule has 7 unspecified atom stereocenters. The van der Waals surface area contributed by atoms with Crippen molar-refractivity contribution in [2.45, 2.75) is 229 Å². The van der Waals surface area contributed by atoms with Crippen LogP contribution in [0.2, 0.25) is 0 Å². The lowest BCUT2D eigenvalue weighted by atomic mass is 9.33. The zero-order valence-corrected chi connectivity index (χ0v) is 42.7. The predicted molar refractivity (Wildman–Crippen MR) is 262 cm³/mol. The van der Waals surface area contributed by atoms with Crippen LogP contribution in [0.25, 0.3) is 0 Å². The van der Waals surface area contributed by atoms with Gasteiger partial charge in [0.15, 0.2) is 12.4 Å². The Kier molecular flexibility index (Phi) is 15.7. The third-order valence-corrected chi connectivity index (χ3v) is 20.3. The minimum absolute atomic E-state index is 0.0129. The second-order valence-electron chi connectivity index (χ2n) is 24.4. The largest absolute Gasteiger partial charge is 0.453 e. The number of fused-ring (bicyclic) bond motifs is 7. The van der Waals surface area contributed by atoms with Crippen LogP contribution in [0.5, 0.6) is 0 Å². The van der Waals surface area contributed by atoms with E-state index in [-0.39, 0.29) is 68.9 Å². The average molecular weight is 898 g/mol. The first-order valence-corrected chi connectivity index (χ1v) is 27.0. The highest BCUT2D eigenvalue weighted by molar-refractivity contribution is 5.89. The monoisotopic (exact) mass is 898 g/mol. The number of aldehydes is 1. The van der Waals surface area contributed by atoms with Gasteiger partial charge in [0.05, 0.1) is 28.6 Å². The summed E-state index contributed by atoms with van der Waals surface area (Å²) in [6, 6.07) is 9.17. The summed E-state index contributed by atoms with van der Waals surface area (Å²) in [5.74, 6) is 0.963. The summed E-state index contributed by atoms with van der Waals surface area (Å²) in [5.41, 5.74) is 1.20. The molecule has 7 heteroatoms. The summed E-state index contributed by atoms with van der Waals surface area (Å²) < 4.78 is 20.1. The number of carbonyl (C=O) groups excluding carboxylic acids is 3. The van der Waals surface area contributed by atoms with Crippen molar-refractivity contribution in [1.29, 1.82) is 0 Å². The fourth-order valence-corrected chi connectivity index (χ4v) is 15.7. The summed E-state index contributed by atoms with van der Waals surface area (Å²) in [6.45, 7) is 24.3. The number of ether oxygens (including phenoxy) is 3. The molecule has 7 nitrogen and oxygen atoms in total. The molecule has 0 bridgehead atoms. The summed E-state index contributed by atoms with van der Waals surface area (Å²) in [6.07, 6.45) is 25.9. The van der Waals surface area contributed by atoms with Crippen LogP contribution in [0.15, 0.2) is 42.0 Å². The molecular formula is C58H91NO6. The van der Waals surface area contributed by atoms with E-state index in [0.29, 0.717) is 17.4 Å². The fourth-order valence-electron chi connectivity index (χ4n) is 15.7. The van der Waals surface area contributed by atoms with Crippen molar-refractivity contribution < 1.29 is 28.6 Å². The van der Waals surface area contributed by atoms with Crippen molar-refractivity contribution >= 4 is 18.2 Å². The number of amides is 1. The van der Waals surface area contributed by atoms with Gasteiger partial charge in [-0.25, -0.2) is 4.79 Å². The quantitative estimate of drug-likeness (QED) is 0.0519. The number of allylic oxidation sites excluding steroid dienone is 2. The Morgan fingerprint density at radius 2 is 1.45 bits per heavy atom. The van der Waals surface area contributed by atoms with Crippen molar-refractivity contribution in [3.05, 3.63) is 47.5 Å². The molecule has 6 aliphatic rings. The molecule has 1 aromatic carbocycles. The average Bonchev–Trinajstić information content (AvgIpc) is 3.29. The minimum Gasteiger partial charge on any atom is -0.453 e. The Morgan fingerprint density at radius 1 is 0.785 bits per heavy atom. The molecule has 1 heterocycles. The van der Waals surface area contributed by atoms with E-state index in [0.717, 1.165) is 83.6 Å². The van der Waals surface area contributed by atoms with E-state index >= 15 is 0 Å². The molecule has 0 radical (unpaired) electrons. The van der Waals surface area contributed by atoms with Crippen molar-refractivity contribution in [1.82, 2.24) is 5.32 Å². The normalized spacial score (nSPS) is 40.8.